The van der Waals surface area contributed by atoms with Gasteiger partial charge >= 0.3 is 5.97 Å². The summed E-state index contributed by atoms with van der Waals surface area (Å²) in [6.07, 6.45) is 2.35. The number of nitrogens with one attached hydrogen (secondary N) is 1. The van der Waals surface area contributed by atoms with Crippen molar-refractivity contribution in [3.05, 3.63) is 34.9 Å². The molecule has 0 aliphatic rings. The van der Waals surface area contributed by atoms with Crippen molar-refractivity contribution in [3.8, 4) is 0 Å². The van der Waals surface area contributed by atoms with Gasteiger partial charge in [-0.15, -0.1) is 0 Å². The molecule has 20 heavy (non-hydrogen) atoms. The van der Waals surface area contributed by atoms with E-state index in [1.54, 1.807) is 0 Å². The fraction of sp³-hybridized carbons (Fsp3) is 0.588. The molecule has 0 spiro atoms. The zero-order valence-corrected chi connectivity index (χ0v) is 13.2. The lowest BCUT2D eigenvalue weighted by molar-refractivity contribution is -0.143. The quantitative estimate of drug-likeness (QED) is 0.742. The summed E-state index contributed by atoms with van der Waals surface area (Å²) in [4.78, 5) is 11.7. The lowest BCUT2D eigenvalue weighted by atomic mass is 9.99. The highest BCUT2D eigenvalue weighted by atomic mass is 16.5. The third-order valence-corrected chi connectivity index (χ3v) is 3.45. The molecule has 3 nitrogen and oxygen atoms in total. The number of esters is 1. The Morgan fingerprint density at radius 3 is 2.60 bits per heavy atom. The number of rotatable bonds is 8. The second-order valence-electron chi connectivity index (χ2n) is 5.28. The van der Waals surface area contributed by atoms with Crippen LogP contribution in [0.2, 0.25) is 0 Å². The van der Waals surface area contributed by atoms with Gasteiger partial charge in [-0.1, -0.05) is 25.1 Å². The monoisotopic (exact) mass is 277 g/mol. The fourth-order valence-corrected chi connectivity index (χ4v) is 2.20. The average molecular weight is 277 g/mol. The van der Waals surface area contributed by atoms with E-state index in [4.69, 9.17) is 4.74 Å². The highest BCUT2D eigenvalue weighted by Gasteiger charge is 2.15. The molecule has 1 unspecified atom stereocenters. The summed E-state index contributed by atoms with van der Waals surface area (Å²) in [5.74, 6) is -0.120. The Kier molecular flexibility index (Phi) is 7.31. The first-order valence-corrected chi connectivity index (χ1v) is 7.52. The van der Waals surface area contributed by atoms with E-state index in [2.05, 4.69) is 44.3 Å². The molecule has 0 aliphatic carbocycles. The number of hydrogen-bond acceptors (Lipinski definition) is 3. The maximum Gasteiger partial charge on any atom is 0.307 e. The normalized spacial score (nSPS) is 12.2. The van der Waals surface area contributed by atoms with Crippen LogP contribution in [-0.4, -0.2) is 25.2 Å². The van der Waals surface area contributed by atoms with Gasteiger partial charge < -0.3 is 10.1 Å². The molecule has 1 aromatic rings. The number of hydrogen-bond donors (Lipinski definition) is 1. The Balaban J connectivity index is 2.67. The van der Waals surface area contributed by atoms with Crippen LogP contribution >= 0.6 is 0 Å². The van der Waals surface area contributed by atoms with Crippen molar-refractivity contribution < 1.29 is 9.53 Å². The Bertz CT molecular complexity index is 429. The van der Waals surface area contributed by atoms with Gasteiger partial charge in [0.05, 0.1) is 13.0 Å². The van der Waals surface area contributed by atoms with Crippen LogP contribution in [0.25, 0.3) is 0 Å². The first-order valence-electron chi connectivity index (χ1n) is 7.52. The molecule has 0 amide bonds. The first-order chi connectivity index (χ1) is 9.56. The third-order valence-electron chi connectivity index (χ3n) is 3.45. The van der Waals surface area contributed by atoms with Gasteiger partial charge in [0, 0.05) is 6.04 Å². The van der Waals surface area contributed by atoms with Crippen LogP contribution < -0.4 is 5.32 Å². The van der Waals surface area contributed by atoms with E-state index >= 15 is 0 Å². The Hall–Kier alpha value is -1.35. The van der Waals surface area contributed by atoms with Gasteiger partial charge in [-0.2, -0.15) is 0 Å². The molecule has 0 bridgehead atoms. The van der Waals surface area contributed by atoms with E-state index in [9.17, 15) is 4.79 Å². The van der Waals surface area contributed by atoms with Crippen LogP contribution in [0.3, 0.4) is 0 Å². The third kappa shape index (κ3) is 5.74. The molecule has 3 heteroatoms. The summed E-state index contributed by atoms with van der Waals surface area (Å²) < 4.78 is 5.05. The second-order valence-corrected chi connectivity index (χ2v) is 5.28. The summed E-state index contributed by atoms with van der Waals surface area (Å²) in [7, 11) is 0. The molecule has 1 aromatic carbocycles. The molecular formula is C17H27NO2. The zero-order chi connectivity index (χ0) is 15.0. The van der Waals surface area contributed by atoms with Crippen molar-refractivity contribution in [2.24, 2.45) is 0 Å². The fourth-order valence-electron chi connectivity index (χ4n) is 2.20. The van der Waals surface area contributed by atoms with Crippen LogP contribution in [0, 0.1) is 13.8 Å². The van der Waals surface area contributed by atoms with E-state index in [0.29, 0.717) is 13.0 Å². The van der Waals surface area contributed by atoms with Crippen molar-refractivity contribution in [3.63, 3.8) is 0 Å². The van der Waals surface area contributed by atoms with Crippen molar-refractivity contribution in [2.75, 3.05) is 13.2 Å². The zero-order valence-electron chi connectivity index (χ0n) is 13.2. The van der Waals surface area contributed by atoms with Crippen LogP contribution in [-0.2, 0) is 16.0 Å². The van der Waals surface area contributed by atoms with Crippen LogP contribution in [0.5, 0.6) is 0 Å². The van der Waals surface area contributed by atoms with E-state index in [1.807, 2.05) is 6.92 Å². The highest BCUT2D eigenvalue weighted by molar-refractivity contribution is 5.70. The molecule has 0 saturated heterocycles. The van der Waals surface area contributed by atoms with Crippen LogP contribution in [0.4, 0.5) is 0 Å². The summed E-state index contributed by atoms with van der Waals surface area (Å²) in [5.41, 5.74) is 3.87. The highest BCUT2D eigenvalue weighted by Crippen LogP contribution is 2.13. The molecule has 1 rings (SSSR count). The van der Waals surface area contributed by atoms with Gasteiger partial charge in [-0.25, -0.2) is 0 Å². The van der Waals surface area contributed by atoms with Gasteiger partial charge in [0.2, 0.25) is 0 Å². The molecule has 112 valence electrons. The van der Waals surface area contributed by atoms with E-state index in [1.165, 1.54) is 16.7 Å². The Morgan fingerprint density at radius 2 is 2.00 bits per heavy atom. The topological polar surface area (TPSA) is 38.3 Å². The van der Waals surface area contributed by atoms with Gasteiger partial charge in [0.25, 0.3) is 0 Å². The van der Waals surface area contributed by atoms with E-state index < -0.39 is 0 Å². The maximum absolute atomic E-state index is 11.7. The van der Waals surface area contributed by atoms with Crippen LogP contribution in [0.15, 0.2) is 18.2 Å². The minimum absolute atomic E-state index is 0.120. The van der Waals surface area contributed by atoms with Gasteiger partial charge in [0.15, 0.2) is 0 Å². The smallest absolute Gasteiger partial charge is 0.307 e. The molecule has 0 fully saturated rings. The van der Waals surface area contributed by atoms with Gasteiger partial charge in [-0.3, -0.25) is 4.79 Å². The Labute approximate surface area is 122 Å². The molecule has 0 aliphatic heterocycles. The van der Waals surface area contributed by atoms with E-state index in [0.717, 1.165) is 19.4 Å². The van der Waals surface area contributed by atoms with E-state index in [-0.39, 0.29) is 12.0 Å². The van der Waals surface area contributed by atoms with Crippen molar-refractivity contribution >= 4 is 5.97 Å². The van der Waals surface area contributed by atoms with Gasteiger partial charge in [-0.05, 0) is 56.8 Å². The number of carbonyl (C=O) groups excluding carboxylic acids is 1. The number of carbonyl (C=O) groups is 1. The van der Waals surface area contributed by atoms with Crippen molar-refractivity contribution in [1.82, 2.24) is 5.32 Å². The predicted molar refractivity (Wildman–Crippen MR) is 83.0 cm³/mol. The lowest BCUT2D eigenvalue weighted by Crippen LogP contribution is -2.34. The molecule has 0 radical (unpaired) electrons. The summed E-state index contributed by atoms with van der Waals surface area (Å²) in [6, 6.07) is 6.65. The lowest BCUT2D eigenvalue weighted by Gasteiger charge is -2.18. The minimum atomic E-state index is -0.120. The van der Waals surface area contributed by atoms with Gasteiger partial charge in [0.1, 0.15) is 0 Å². The maximum atomic E-state index is 11.7. The molecule has 1 N–H and O–H groups in total. The summed E-state index contributed by atoms with van der Waals surface area (Å²) >= 11 is 0. The molecule has 0 saturated carbocycles. The SMILES string of the molecule is CCCNC(CC(=O)OCC)Cc1ccc(C)c(C)c1. The first kappa shape index (κ1) is 16.7. The van der Waals surface area contributed by atoms with Crippen molar-refractivity contribution in [1.29, 1.82) is 0 Å². The van der Waals surface area contributed by atoms with Crippen molar-refractivity contribution in [2.45, 2.75) is 53.0 Å². The number of aryl methyl sites for hydroxylation is 2. The largest absolute Gasteiger partial charge is 0.466 e. The summed E-state index contributed by atoms with van der Waals surface area (Å²) in [5, 5.41) is 3.44. The molecule has 0 aromatic heterocycles. The molecule has 0 heterocycles. The minimum Gasteiger partial charge on any atom is -0.466 e. The summed E-state index contributed by atoms with van der Waals surface area (Å²) in [6.45, 7) is 9.58. The molecule has 1 atom stereocenters. The van der Waals surface area contributed by atoms with Crippen LogP contribution in [0.1, 0.15) is 43.4 Å². The second kappa shape index (κ2) is 8.75. The average Bonchev–Trinajstić information content (AvgIpc) is 2.40. The standard InChI is InChI=1S/C17H27NO2/c1-5-9-18-16(12-17(19)20-6-2)11-15-8-7-13(3)14(4)10-15/h7-8,10,16,18H,5-6,9,11-12H2,1-4H3. The number of benzene rings is 1. The molecular weight excluding hydrogens is 250 g/mol. The Morgan fingerprint density at radius 1 is 1.25 bits per heavy atom. The number of ether oxygens (including phenoxy) is 1. The predicted octanol–water partition coefficient (Wildman–Crippen LogP) is 3.17.